The Morgan fingerprint density at radius 2 is 2.05 bits per heavy atom. The van der Waals surface area contributed by atoms with Crippen molar-refractivity contribution in [3.8, 4) is 0 Å². The Labute approximate surface area is 129 Å². The van der Waals surface area contributed by atoms with E-state index in [1.54, 1.807) is 45.0 Å². The lowest BCUT2D eigenvalue weighted by Crippen LogP contribution is -2.63. The quantitative estimate of drug-likeness (QED) is 0.898. The molecule has 0 aromatic carbocycles. The maximum Gasteiger partial charge on any atom is 0.275 e. The van der Waals surface area contributed by atoms with Gasteiger partial charge in [0, 0.05) is 27.2 Å². The molecule has 2 amide bonds. The topological polar surface area (TPSA) is 65.5 Å². The standard InChI is InChI=1S/C14H19ClN4O2/c1-14(2)13(21)18(4)7-8-19(14)12(20)11-9(15)5-6-10(16-3)17-11/h5-6H,7-8H2,1-4H3,(H,16,17). The van der Waals surface area contributed by atoms with Crippen molar-refractivity contribution in [1.29, 1.82) is 0 Å². The molecule has 0 saturated carbocycles. The fraction of sp³-hybridized carbons (Fsp3) is 0.500. The second-order valence-electron chi connectivity index (χ2n) is 5.52. The van der Waals surface area contributed by atoms with Crippen molar-refractivity contribution in [2.75, 3.05) is 32.5 Å². The maximum absolute atomic E-state index is 12.7. The van der Waals surface area contributed by atoms with Gasteiger partial charge in [0.25, 0.3) is 5.91 Å². The van der Waals surface area contributed by atoms with Crippen LogP contribution in [0.3, 0.4) is 0 Å². The lowest BCUT2D eigenvalue weighted by Gasteiger charge is -2.44. The van der Waals surface area contributed by atoms with E-state index in [2.05, 4.69) is 10.3 Å². The Morgan fingerprint density at radius 1 is 1.38 bits per heavy atom. The normalized spacial score (nSPS) is 17.9. The van der Waals surface area contributed by atoms with Gasteiger partial charge in [-0.05, 0) is 26.0 Å². The van der Waals surface area contributed by atoms with Crippen LogP contribution >= 0.6 is 11.6 Å². The fourth-order valence-corrected chi connectivity index (χ4v) is 2.61. The minimum atomic E-state index is -0.912. The number of rotatable bonds is 2. The second kappa shape index (κ2) is 5.52. The third-order valence-corrected chi connectivity index (χ3v) is 4.06. The van der Waals surface area contributed by atoms with Crippen LogP contribution in [-0.2, 0) is 4.79 Å². The molecule has 6 nitrogen and oxygen atoms in total. The summed E-state index contributed by atoms with van der Waals surface area (Å²) in [7, 11) is 3.45. The SMILES string of the molecule is CNc1ccc(Cl)c(C(=O)N2CCN(C)C(=O)C2(C)C)n1. The molecule has 1 aliphatic heterocycles. The monoisotopic (exact) mass is 310 g/mol. The number of carbonyl (C=O) groups is 2. The first-order valence-corrected chi connectivity index (χ1v) is 7.08. The largest absolute Gasteiger partial charge is 0.373 e. The highest BCUT2D eigenvalue weighted by molar-refractivity contribution is 6.33. The minimum absolute atomic E-state index is 0.0945. The van der Waals surface area contributed by atoms with Crippen LogP contribution < -0.4 is 5.32 Å². The lowest BCUT2D eigenvalue weighted by atomic mass is 9.97. The Hall–Kier alpha value is -1.82. The third-order valence-electron chi connectivity index (χ3n) is 3.75. The van der Waals surface area contributed by atoms with Gasteiger partial charge in [-0.25, -0.2) is 4.98 Å². The summed E-state index contributed by atoms with van der Waals surface area (Å²) < 4.78 is 0. The highest BCUT2D eigenvalue weighted by Crippen LogP contribution is 2.26. The van der Waals surface area contributed by atoms with E-state index in [0.717, 1.165) is 0 Å². The lowest BCUT2D eigenvalue weighted by molar-refractivity contribution is -0.144. The van der Waals surface area contributed by atoms with Gasteiger partial charge in [0.15, 0.2) is 0 Å². The van der Waals surface area contributed by atoms with Crippen LogP contribution in [0.1, 0.15) is 24.3 Å². The van der Waals surface area contributed by atoms with Crippen LogP contribution in [0.5, 0.6) is 0 Å². The second-order valence-corrected chi connectivity index (χ2v) is 5.93. The van der Waals surface area contributed by atoms with Crippen molar-refractivity contribution in [1.82, 2.24) is 14.8 Å². The number of likely N-dealkylation sites (N-methyl/N-ethyl adjacent to an activating group) is 1. The zero-order chi connectivity index (χ0) is 15.8. The molecule has 2 heterocycles. The fourth-order valence-electron chi connectivity index (χ4n) is 2.43. The van der Waals surface area contributed by atoms with Gasteiger partial charge in [0.05, 0.1) is 5.02 Å². The number of carbonyl (C=O) groups excluding carboxylic acids is 2. The van der Waals surface area contributed by atoms with Gasteiger partial charge in [-0.15, -0.1) is 0 Å². The summed E-state index contributed by atoms with van der Waals surface area (Å²) in [5.41, 5.74) is -0.751. The zero-order valence-corrected chi connectivity index (χ0v) is 13.4. The first-order valence-electron chi connectivity index (χ1n) is 6.71. The molecule has 1 aliphatic rings. The predicted octanol–water partition coefficient (Wildman–Crippen LogP) is 1.47. The van der Waals surface area contributed by atoms with Gasteiger partial charge in [0.2, 0.25) is 5.91 Å². The predicted molar refractivity (Wildman–Crippen MR) is 81.5 cm³/mol. The molecule has 0 radical (unpaired) electrons. The summed E-state index contributed by atoms with van der Waals surface area (Å²) in [6, 6.07) is 3.32. The van der Waals surface area contributed by atoms with E-state index in [1.165, 1.54) is 4.90 Å². The number of piperazine rings is 1. The molecular weight excluding hydrogens is 292 g/mol. The van der Waals surface area contributed by atoms with Crippen molar-refractivity contribution in [3.05, 3.63) is 22.8 Å². The number of amides is 2. The van der Waals surface area contributed by atoms with E-state index >= 15 is 0 Å². The van der Waals surface area contributed by atoms with Gasteiger partial charge < -0.3 is 15.1 Å². The van der Waals surface area contributed by atoms with Gasteiger partial charge in [-0.1, -0.05) is 11.6 Å². The molecule has 1 aromatic heterocycles. The summed E-state index contributed by atoms with van der Waals surface area (Å²) >= 11 is 6.09. The van der Waals surface area contributed by atoms with Gasteiger partial charge in [-0.3, -0.25) is 9.59 Å². The number of nitrogens with zero attached hydrogens (tertiary/aromatic N) is 3. The average molecular weight is 311 g/mol. The number of nitrogens with one attached hydrogen (secondary N) is 1. The molecule has 7 heteroatoms. The van der Waals surface area contributed by atoms with Gasteiger partial charge in [0.1, 0.15) is 17.1 Å². The zero-order valence-electron chi connectivity index (χ0n) is 12.6. The molecule has 0 unspecified atom stereocenters. The molecule has 1 fully saturated rings. The molecule has 0 bridgehead atoms. The van der Waals surface area contributed by atoms with Crippen LogP contribution in [0.25, 0.3) is 0 Å². The smallest absolute Gasteiger partial charge is 0.275 e. The summed E-state index contributed by atoms with van der Waals surface area (Å²) in [6.07, 6.45) is 0. The van der Waals surface area contributed by atoms with Crippen molar-refractivity contribution in [2.45, 2.75) is 19.4 Å². The Morgan fingerprint density at radius 3 is 2.67 bits per heavy atom. The van der Waals surface area contributed by atoms with Gasteiger partial charge in [-0.2, -0.15) is 0 Å². The van der Waals surface area contributed by atoms with E-state index < -0.39 is 5.54 Å². The highest BCUT2D eigenvalue weighted by atomic mass is 35.5. The maximum atomic E-state index is 12.7. The van der Waals surface area contributed by atoms with Crippen LogP contribution in [0.4, 0.5) is 5.82 Å². The van der Waals surface area contributed by atoms with E-state index in [9.17, 15) is 9.59 Å². The van der Waals surface area contributed by atoms with E-state index in [1.807, 2.05) is 0 Å². The molecule has 0 spiro atoms. The van der Waals surface area contributed by atoms with Crippen LogP contribution in [0.2, 0.25) is 5.02 Å². The molecular formula is C14H19ClN4O2. The van der Waals surface area contributed by atoms with Gasteiger partial charge >= 0.3 is 0 Å². The van der Waals surface area contributed by atoms with Crippen molar-refractivity contribution >= 4 is 29.2 Å². The van der Waals surface area contributed by atoms with E-state index in [0.29, 0.717) is 18.9 Å². The summed E-state index contributed by atoms with van der Waals surface area (Å²) in [5.74, 6) is 0.132. The molecule has 1 N–H and O–H groups in total. The molecule has 114 valence electrons. The number of anilines is 1. The van der Waals surface area contributed by atoms with Crippen LogP contribution in [0.15, 0.2) is 12.1 Å². The molecule has 1 saturated heterocycles. The first-order chi connectivity index (χ1) is 9.78. The number of halogens is 1. The number of pyridine rings is 1. The minimum Gasteiger partial charge on any atom is -0.373 e. The summed E-state index contributed by atoms with van der Waals surface area (Å²) in [5, 5.41) is 3.15. The van der Waals surface area contributed by atoms with Crippen LogP contribution in [0, 0.1) is 0 Å². The Balaban J connectivity index is 2.38. The molecule has 0 atom stereocenters. The molecule has 21 heavy (non-hydrogen) atoms. The van der Waals surface area contributed by atoms with Crippen molar-refractivity contribution in [2.24, 2.45) is 0 Å². The molecule has 1 aromatic rings. The number of hydrogen-bond acceptors (Lipinski definition) is 4. The third kappa shape index (κ3) is 2.68. The van der Waals surface area contributed by atoms with Crippen LogP contribution in [-0.4, -0.2) is 59.3 Å². The Kier molecular flexibility index (Phi) is 4.09. The average Bonchev–Trinajstić information content (AvgIpc) is 2.45. The summed E-state index contributed by atoms with van der Waals surface area (Å²) in [6.45, 7) is 4.42. The number of aromatic nitrogens is 1. The highest BCUT2D eigenvalue weighted by Gasteiger charge is 2.43. The van der Waals surface area contributed by atoms with E-state index in [4.69, 9.17) is 11.6 Å². The first kappa shape index (κ1) is 15.6. The number of hydrogen-bond donors (Lipinski definition) is 1. The van der Waals surface area contributed by atoms with E-state index in [-0.39, 0.29) is 22.5 Å². The Bertz CT molecular complexity index is 588. The van der Waals surface area contributed by atoms with Crippen molar-refractivity contribution in [3.63, 3.8) is 0 Å². The molecule has 0 aliphatic carbocycles. The molecule has 2 rings (SSSR count). The summed E-state index contributed by atoms with van der Waals surface area (Å²) in [4.78, 5) is 32.4. The van der Waals surface area contributed by atoms with Crippen molar-refractivity contribution < 1.29 is 9.59 Å².